The van der Waals surface area contributed by atoms with Crippen molar-refractivity contribution in [2.24, 2.45) is 0 Å². The Morgan fingerprint density at radius 3 is 3.00 bits per heavy atom. The first-order valence-corrected chi connectivity index (χ1v) is 5.95. The summed E-state index contributed by atoms with van der Waals surface area (Å²) in [7, 11) is 0. The van der Waals surface area contributed by atoms with Gasteiger partial charge in [-0.1, -0.05) is 6.92 Å². The highest BCUT2D eigenvalue weighted by atomic mass is 79.9. The van der Waals surface area contributed by atoms with Crippen LogP contribution in [0, 0.1) is 6.92 Å². The molecule has 6 heteroatoms. The van der Waals surface area contributed by atoms with Crippen molar-refractivity contribution in [3.63, 3.8) is 0 Å². The second-order valence-electron chi connectivity index (χ2n) is 3.56. The van der Waals surface area contributed by atoms with E-state index in [9.17, 15) is 9.90 Å². The van der Waals surface area contributed by atoms with Gasteiger partial charge in [0.15, 0.2) is 0 Å². The third-order valence-corrected chi connectivity index (χ3v) is 3.11. The quantitative estimate of drug-likeness (QED) is 0.817. The molecule has 5 nitrogen and oxygen atoms in total. The van der Waals surface area contributed by atoms with Crippen molar-refractivity contribution >= 4 is 15.9 Å². The number of aryl methyl sites for hydroxylation is 1. The second-order valence-corrected chi connectivity index (χ2v) is 4.36. The Kier molecular flexibility index (Phi) is 5.11. The van der Waals surface area contributed by atoms with Crippen molar-refractivity contribution in [2.75, 3.05) is 13.1 Å². The summed E-state index contributed by atoms with van der Waals surface area (Å²) in [6.45, 7) is 5.22. The number of nitrogens with zero attached hydrogens (tertiary/aromatic N) is 2. The number of nitrogens with one attached hydrogen (secondary N) is 1. The summed E-state index contributed by atoms with van der Waals surface area (Å²) in [5.41, 5.74) is 0.491. The van der Waals surface area contributed by atoms with E-state index in [-0.39, 0.29) is 12.1 Å². The average Bonchev–Trinajstić information content (AvgIpc) is 2.27. The number of hydrogen-bond acceptors (Lipinski definition) is 4. The zero-order valence-corrected chi connectivity index (χ0v) is 11.0. The van der Waals surface area contributed by atoms with E-state index in [0.29, 0.717) is 16.7 Å². The summed E-state index contributed by atoms with van der Waals surface area (Å²) < 4.78 is 1.85. The molecule has 0 aliphatic carbocycles. The maximum absolute atomic E-state index is 11.7. The molecule has 1 unspecified atom stereocenters. The fraction of sp³-hybridized carbons (Fsp3) is 0.600. The van der Waals surface area contributed by atoms with Gasteiger partial charge in [0, 0.05) is 6.54 Å². The number of aliphatic hydroxyl groups excluding tert-OH is 1. The summed E-state index contributed by atoms with van der Waals surface area (Å²) >= 11 is 3.18. The molecule has 0 spiro atoms. The van der Waals surface area contributed by atoms with Gasteiger partial charge in [-0.2, -0.15) is 0 Å². The van der Waals surface area contributed by atoms with Crippen LogP contribution < -0.4 is 10.9 Å². The molecule has 90 valence electrons. The van der Waals surface area contributed by atoms with E-state index >= 15 is 0 Å². The van der Waals surface area contributed by atoms with Crippen LogP contribution in [0.4, 0.5) is 0 Å². The number of aromatic nitrogens is 2. The number of aliphatic hydroxyl groups is 1. The molecule has 1 aromatic rings. The molecule has 1 atom stereocenters. The summed E-state index contributed by atoms with van der Waals surface area (Å²) in [6.07, 6.45) is 0.867. The monoisotopic (exact) mass is 289 g/mol. The van der Waals surface area contributed by atoms with Crippen LogP contribution in [0.1, 0.15) is 12.6 Å². The minimum atomic E-state index is -0.589. The fourth-order valence-electron chi connectivity index (χ4n) is 1.28. The molecule has 0 bridgehead atoms. The SMILES string of the molecule is CCNCC(O)Cn1cnc(C)c(Br)c1=O. The molecule has 0 aromatic carbocycles. The van der Waals surface area contributed by atoms with Crippen LogP contribution in [-0.2, 0) is 6.54 Å². The highest BCUT2D eigenvalue weighted by Gasteiger charge is 2.09. The predicted octanol–water partition coefficient (Wildman–Crippen LogP) is 0.285. The standard InChI is InChI=1S/C10H16BrN3O2/c1-3-12-4-8(15)5-14-6-13-7(2)9(11)10(14)16/h6,8,12,15H,3-5H2,1-2H3. The van der Waals surface area contributed by atoms with Crippen molar-refractivity contribution in [2.45, 2.75) is 26.5 Å². The van der Waals surface area contributed by atoms with Crippen molar-refractivity contribution in [3.05, 3.63) is 26.8 Å². The summed E-state index contributed by atoms with van der Waals surface area (Å²) in [6, 6.07) is 0. The Morgan fingerprint density at radius 2 is 2.38 bits per heavy atom. The fourth-order valence-corrected chi connectivity index (χ4v) is 1.61. The van der Waals surface area contributed by atoms with Gasteiger partial charge in [0.1, 0.15) is 4.47 Å². The first-order valence-electron chi connectivity index (χ1n) is 5.16. The molecule has 2 N–H and O–H groups in total. The third kappa shape index (κ3) is 3.40. The summed E-state index contributed by atoms with van der Waals surface area (Å²) in [4.78, 5) is 15.8. The zero-order chi connectivity index (χ0) is 12.1. The van der Waals surface area contributed by atoms with Gasteiger partial charge in [-0.05, 0) is 29.4 Å². The maximum Gasteiger partial charge on any atom is 0.267 e. The lowest BCUT2D eigenvalue weighted by Gasteiger charge is -2.13. The summed E-state index contributed by atoms with van der Waals surface area (Å²) in [5.74, 6) is 0. The van der Waals surface area contributed by atoms with Gasteiger partial charge in [-0.25, -0.2) is 4.98 Å². The Balaban J connectivity index is 2.75. The van der Waals surface area contributed by atoms with Crippen molar-refractivity contribution in [1.29, 1.82) is 0 Å². The van der Waals surface area contributed by atoms with E-state index in [1.807, 2.05) is 6.92 Å². The van der Waals surface area contributed by atoms with Gasteiger partial charge < -0.3 is 10.4 Å². The summed E-state index contributed by atoms with van der Waals surface area (Å²) in [5, 5.41) is 12.7. The first kappa shape index (κ1) is 13.3. The lowest BCUT2D eigenvalue weighted by Crippen LogP contribution is -2.34. The Morgan fingerprint density at radius 1 is 1.69 bits per heavy atom. The van der Waals surface area contributed by atoms with Crippen LogP contribution in [0.25, 0.3) is 0 Å². The Labute approximate surface area is 103 Å². The van der Waals surface area contributed by atoms with Gasteiger partial charge in [-0.3, -0.25) is 9.36 Å². The Hall–Kier alpha value is -0.720. The van der Waals surface area contributed by atoms with Crippen LogP contribution in [0.5, 0.6) is 0 Å². The number of rotatable bonds is 5. The number of likely N-dealkylation sites (N-methyl/N-ethyl adjacent to an activating group) is 1. The third-order valence-electron chi connectivity index (χ3n) is 2.19. The van der Waals surface area contributed by atoms with Crippen LogP contribution in [-0.4, -0.2) is 33.9 Å². The molecule has 0 amide bonds. The highest BCUT2D eigenvalue weighted by molar-refractivity contribution is 9.10. The topological polar surface area (TPSA) is 67.2 Å². The van der Waals surface area contributed by atoms with E-state index < -0.39 is 6.10 Å². The normalized spacial score (nSPS) is 12.8. The van der Waals surface area contributed by atoms with Gasteiger partial charge in [0.25, 0.3) is 5.56 Å². The molecule has 0 fully saturated rings. The predicted molar refractivity (Wildman–Crippen MR) is 65.5 cm³/mol. The number of halogens is 1. The maximum atomic E-state index is 11.7. The minimum Gasteiger partial charge on any atom is -0.390 e. The molecule has 0 aliphatic rings. The molecule has 0 saturated heterocycles. The van der Waals surface area contributed by atoms with E-state index in [1.54, 1.807) is 6.92 Å². The largest absolute Gasteiger partial charge is 0.390 e. The molecular formula is C10H16BrN3O2. The van der Waals surface area contributed by atoms with Crippen LogP contribution in [0.15, 0.2) is 15.6 Å². The zero-order valence-electron chi connectivity index (χ0n) is 9.40. The first-order chi connectivity index (χ1) is 7.56. The lowest BCUT2D eigenvalue weighted by atomic mass is 10.3. The van der Waals surface area contributed by atoms with Crippen LogP contribution >= 0.6 is 15.9 Å². The van der Waals surface area contributed by atoms with Crippen LogP contribution in [0.2, 0.25) is 0 Å². The minimum absolute atomic E-state index is 0.164. The van der Waals surface area contributed by atoms with E-state index in [0.717, 1.165) is 6.54 Å². The molecule has 1 heterocycles. The van der Waals surface area contributed by atoms with E-state index in [4.69, 9.17) is 0 Å². The molecule has 0 saturated carbocycles. The molecule has 0 aliphatic heterocycles. The van der Waals surface area contributed by atoms with Crippen molar-refractivity contribution < 1.29 is 5.11 Å². The lowest BCUT2D eigenvalue weighted by molar-refractivity contribution is 0.150. The van der Waals surface area contributed by atoms with Gasteiger partial charge >= 0.3 is 0 Å². The molecule has 1 rings (SSSR count). The van der Waals surface area contributed by atoms with Crippen molar-refractivity contribution in [3.8, 4) is 0 Å². The smallest absolute Gasteiger partial charge is 0.267 e. The number of hydrogen-bond donors (Lipinski definition) is 2. The van der Waals surface area contributed by atoms with Crippen molar-refractivity contribution in [1.82, 2.24) is 14.9 Å². The van der Waals surface area contributed by atoms with Gasteiger partial charge in [-0.15, -0.1) is 0 Å². The average molecular weight is 290 g/mol. The molecule has 0 radical (unpaired) electrons. The van der Waals surface area contributed by atoms with E-state index in [2.05, 4.69) is 26.2 Å². The van der Waals surface area contributed by atoms with Crippen LogP contribution in [0.3, 0.4) is 0 Å². The highest BCUT2D eigenvalue weighted by Crippen LogP contribution is 2.06. The molecule has 1 aromatic heterocycles. The molecular weight excluding hydrogens is 274 g/mol. The molecule has 16 heavy (non-hydrogen) atoms. The van der Waals surface area contributed by atoms with Gasteiger partial charge in [0.05, 0.1) is 24.7 Å². The Bertz CT molecular complexity index is 406. The second kappa shape index (κ2) is 6.12. The van der Waals surface area contributed by atoms with E-state index in [1.165, 1.54) is 10.9 Å². The van der Waals surface area contributed by atoms with Gasteiger partial charge in [0.2, 0.25) is 0 Å².